The molecule has 0 spiro atoms. The number of amides is 1. The molecule has 1 aromatic heterocycles. The number of para-hydroxylation sites is 1. The fraction of sp³-hybridized carbons (Fsp3) is 0.0417. The summed E-state index contributed by atoms with van der Waals surface area (Å²) in [6.45, 7) is 2.04. The first-order valence-electron chi connectivity index (χ1n) is 9.22. The van der Waals surface area contributed by atoms with Crippen LogP contribution in [0.25, 0.3) is 11.4 Å². The Bertz CT molecular complexity index is 1110. The van der Waals surface area contributed by atoms with Gasteiger partial charge in [-0.15, -0.1) is 0 Å². The van der Waals surface area contributed by atoms with Gasteiger partial charge in [-0.1, -0.05) is 48.0 Å². The number of nitrogens with one attached hydrogen (secondary N) is 1. The van der Waals surface area contributed by atoms with Crippen LogP contribution < -0.4 is 10.1 Å². The Kier molecular flexibility index (Phi) is 5.29. The number of nitrogens with zero attached hydrogens (tertiary/aromatic N) is 2. The van der Waals surface area contributed by atoms with Crippen molar-refractivity contribution in [3.8, 4) is 23.0 Å². The van der Waals surface area contributed by atoms with Gasteiger partial charge >= 0.3 is 0 Å². The van der Waals surface area contributed by atoms with Gasteiger partial charge in [-0.2, -0.15) is 4.98 Å². The third kappa shape index (κ3) is 4.65. The number of benzene rings is 3. The van der Waals surface area contributed by atoms with Gasteiger partial charge in [0.1, 0.15) is 5.75 Å². The molecule has 0 fully saturated rings. The van der Waals surface area contributed by atoms with E-state index >= 15 is 0 Å². The molecular weight excluding hydrogens is 362 g/mol. The molecule has 5 nitrogen and oxygen atoms in total. The maximum absolute atomic E-state index is 12.3. The van der Waals surface area contributed by atoms with Crippen molar-refractivity contribution < 1.29 is 9.53 Å². The van der Waals surface area contributed by atoms with Gasteiger partial charge in [0.05, 0.1) is 0 Å². The zero-order valence-electron chi connectivity index (χ0n) is 15.9. The molecule has 0 saturated heterocycles. The van der Waals surface area contributed by atoms with Crippen molar-refractivity contribution in [2.75, 3.05) is 5.32 Å². The van der Waals surface area contributed by atoms with Gasteiger partial charge in [0.15, 0.2) is 5.82 Å². The van der Waals surface area contributed by atoms with Crippen LogP contribution in [0.3, 0.4) is 0 Å². The molecule has 0 atom stereocenters. The van der Waals surface area contributed by atoms with Crippen molar-refractivity contribution in [1.82, 2.24) is 9.97 Å². The maximum Gasteiger partial charge on any atom is 0.255 e. The second kappa shape index (κ2) is 8.35. The molecule has 0 unspecified atom stereocenters. The Hall–Kier alpha value is -3.99. The van der Waals surface area contributed by atoms with Crippen LogP contribution in [0.1, 0.15) is 15.9 Å². The molecule has 1 amide bonds. The third-order valence-corrected chi connectivity index (χ3v) is 4.31. The van der Waals surface area contributed by atoms with E-state index in [1.807, 2.05) is 61.5 Å². The molecule has 4 rings (SSSR count). The highest BCUT2D eigenvalue weighted by molar-refractivity contribution is 6.04. The SMILES string of the molecule is Cc1ccc(-c2nccc(Oc3ccc(C(=O)Nc4ccccc4)cc3)n2)cc1. The third-order valence-electron chi connectivity index (χ3n) is 4.31. The molecule has 29 heavy (non-hydrogen) atoms. The topological polar surface area (TPSA) is 64.1 Å². The molecule has 3 aromatic carbocycles. The van der Waals surface area contributed by atoms with E-state index in [1.54, 1.807) is 36.5 Å². The van der Waals surface area contributed by atoms with E-state index in [9.17, 15) is 4.79 Å². The van der Waals surface area contributed by atoms with Crippen LogP contribution in [-0.2, 0) is 0 Å². The number of aromatic nitrogens is 2. The lowest BCUT2D eigenvalue weighted by Gasteiger charge is -2.08. The number of hydrogen-bond acceptors (Lipinski definition) is 4. The van der Waals surface area contributed by atoms with Crippen LogP contribution >= 0.6 is 0 Å². The van der Waals surface area contributed by atoms with Crippen LogP contribution in [0.2, 0.25) is 0 Å². The molecule has 0 saturated carbocycles. The number of hydrogen-bond donors (Lipinski definition) is 1. The highest BCUT2D eigenvalue weighted by Crippen LogP contribution is 2.23. The smallest absolute Gasteiger partial charge is 0.255 e. The summed E-state index contributed by atoms with van der Waals surface area (Å²) in [6, 6.07) is 26.0. The molecule has 0 bridgehead atoms. The number of carbonyl (C=O) groups is 1. The number of carbonyl (C=O) groups excluding carboxylic acids is 1. The predicted molar refractivity (Wildman–Crippen MR) is 113 cm³/mol. The van der Waals surface area contributed by atoms with E-state index < -0.39 is 0 Å². The van der Waals surface area contributed by atoms with Crippen LogP contribution in [-0.4, -0.2) is 15.9 Å². The lowest BCUT2D eigenvalue weighted by atomic mass is 10.1. The molecule has 1 N–H and O–H groups in total. The summed E-state index contributed by atoms with van der Waals surface area (Å²) in [6.07, 6.45) is 1.67. The summed E-state index contributed by atoms with van der Waals surface area (Å²) >= 11 is 0. The van der Waals surface area contributed by atoms with Gasteiger partial charge in [-0.25, -0.2) is 4.98 Å². The average Bonchev–Trinajstić information content (AvgIpc) is 2.76. The molecule has 0 aliphatic heterocycles. The summed E-state index contributed by atoms with van der Waals surface area (Å²) in [4.78, 5) is 21.1. The molecule has 0 aliphatic rings. The number of aryl methyl sites for hydroxylation is 1. The van der Waals surface area contributed by atoms with E-state index in [2.05, 4.69) is 15.3 Å². The zero-order valence-corrected chi connectivity index (χ0v) is 15.9. The summed E-state index contributed by atoms with van der Waals surface area (Å²) in [5, 5.41) is 2.86. The van der Waals surface area contributed by atoms with Gasteiger partial charge in [-0.3, -0.25) is 4.79 Å². The zero-order chi connectivity index (χ0) is 20.1. The number of anilines is 1. The van der Waals surface area contributed by atoms with E-state index in [1.165, 1.54) is 5.56 Å². The Balaban J connectivity index is 1.45. The second-order valence-corrected chi connectivity index (χ2v) is 6.53. The Morgan fingerprint density at radius 2 is 1.59 bits per heavy atom. The standard InChI is InChI=1S/C24H19N3O2/c1-17-7-9-18(10-8-17)23-25-16-15-22(27-23)29-21-13-11-19(12-14-21)24(28)26-20-5-3-2-4-6-20/h2-16H,1H3,(H,26,28). The monoisotopic (exact) mass is 381 g/mol. The van der Waals surface area contributed by atoms with Crippen molar-refractivity contribution in [3.63, 3.8) is 0 Å². The van der Waals surface area contributed by atoms with Crippen LogP contribution in [0.15, 0.2) is 91.1 Å². The Labute approximate surface area is 169 Å². The molecular formula is C24H19N3O2. The molecule has 5 heteroatoms. The fourth-order valence-electron chi connectivity index (χ4n) is 2.76. The molecule has 0 radical (unpaired) electrons. The predicted octanol–water partition coefficient (Wildman–Crippen LogP) is 5.50. The fourth-order valence-corrected chi connectivity index (χ4v) is 2.76. The van der Waals surface area contributed by atoms with Gasteiger partial charge < -0.3 is 10.1 Å². The lowest BCUT2D eigenvalue weighted by Crippen LogP contribution is -2.11. The minimum Gasteiger partial charge on any atom is -0.439 e. The Morgan fingerprint density at radius 3 is 2.31 bits per heavy atom. The summed E-state index contributed by atoms with van der Waals surface area (Å²) in [5.74, 6) is 1.46. The van der Waals surface area contributed by atoms with E-state index in [4.69, 9.17) is 4.74 Å². The number of rotatable bonds is 5. The first-order valence-corrected chi connectivity index (χ1v) is 9.22. The van der Waals surface area contributed by atoms with E-state index in [-0.39, 0.29) is 5.91 Å². The maximum atomic E-state index is 12.3. The minimum absolute atomic E-state index is 0.175. The molecule has 1 heterocycles. The van der Waals surface area contributed by atoms with Gasteiger partial charge in [-0.05, 0) is 43.3 Å². The van der Waals surface area contributed by atoms with Crippen molar-refractivity contribution in [2.45, 2.75) is 6.92 Å². The van der Waals surface area contributed by atoms with Gasteiger partial charge in [0.25, 0.3) is 5.91 Å². The van der Waals surface area contributed by atoms with Gasteiger partial charge in [0.2, 0.25) is 5.88 Å². The minimum atomic E-state index is -0.175. The molecule has 142 valence electrons. The first-order chi connectivity index (χ1) is 14.2. The van der Waals surface area contributed by atoms with Crippen molar-refractivity contribution >= 4 is 11.6 Å². The average molecular weight is 381 g/mol. The van der Waals surface area contributed by atoms with Crippen LogP contribution in [0.5, 0.6) is 11.6 Å². The second-order valence-electron chi connectivity index (χ2n) is 6.53. The lowest BCUT2D eigenvalue weighted by molar-refractivity contribution is 0.102. The summed E-state index contributed by atoms with van der Waals surface area (Å²) in [5.41, 5.74) is 3.40. The van der Waals surface area contributed by atoms with Crippen molar-refractivity contribution in [1.29, 1.82) is 0 Å². The van der Waals surface area contributed by atoms with Crippen LogP contribution in [0, 0.1) is 6.92 Å². The summed E-state index contributed by atoms with van der Waals surface area (Å²) < 4.78 is 5.83. The highest BCUT2D eigenvalue weighted by Gasteiger charge is 2.08. The van der Waals surface area contributed by atoms with Crippen molar-refractivity contribution in [3.05, 3.63) is 102 Å². The first kappa shape index (κ1) is 18.4. The quantitative estimate of drug-likeness (QED) is 0.496. The number of ether oxygens (including phenoxy) is 1. The normalized spacial score (nSPS) is 10.4. The highest BCUT2D eigenvalue weighted by atomic mass is 16.5. The van der Waals surface area contributed by atoms with Crippen LogP contribution in [0.4, 0.5) is 5.69 Å². The molecule has 0 aliphatic carbocycles. The summed E-state index contributed by atoms with van der Waals surface area (Å²) in [7, 11) is 0. The molecule has 4 aromatic rings. The van der Waals surface area contributed by atoms with E-state index in [0.29, 0.717) is 23.0 Å². The van der Waals surface area contributed by atoms with E-state index in [0.717, 1.165) is 11.3 Å². The van der Waals surface area contributed by atoms with Gasteiger partial charge in [0, 0.05) is 29.1 Å². The largest absolute Gasteiger partial charge is 0.439 e. The Morgan fingerprint density at radius 1 is 0.862 bits per heavy atom. The van der Waals surface area contributed by atoms with Crippen molar-refractivity contribution in [2.24, 2.45) is 0 Å².